The summed E-state index contributed by atoms with van der Waals surface area (Å²) in [4.78, 5) is 45.4. The van der Waals surface area contributed by atoms with Crippen LogP contribution in [0.2, 0.25) is 0 Å². The van der Waals surface area contributed by atoms with E-state index >= 15 is 0 Å². The van der Waals surface area contributed by atoms with Crippen molar-refractivity contribution in [3.05, 3.63) is 51.2 Å². The zero-order valence-corrected chi connectivity index (χ0v) is 21.5. The average Bonchev–Trinajstić information content (AvgIpc) is 3.49. The minimum atomic E-state index is -0.267. The van der Waals surface area contributed by atoms with Crippen LogP contribution in [0.3, 0.4) is 0 Å². The van der Waals surface area contributed by atoms with Crippen molar-refractivity contribution in [2.45, 2.75) is 63.7 Å². The van der Waals surface area contributed by atoms with Crippen molar-refractivity contribution in [1.29, 1.82) is 0 Å². The Bertz CT molecular complexity index is 1140. The van der Waals surface area contributed by atoms with E-state index in [1.54, 1.807) is 0 Å². The Hall–Kier alpha value is -2.98. The zero-order chi connectivity index (χ0) is 25.2. The van der Waals surface area contributed by atoms with Gasteiger partial charge < -0.3 is 20.7 Å². The largest absolute Gasteiger partial charge is 0.468 e. The molecule has 2 aliphatic heterocycles. The van der Waals surface area contributed by atoms with Crippen molar-refractivity contribution < 1.29 is 19.1 Å². The van der Waals surface area contributed by atoms with Gasteiger partial charge in [0.1, 0.15) is 0 Å². The number of aromatic nitrogens is 1. The Balaban J connectivity index is 1.20. The van der Waals surface area contributed by atoms with Crippen molar-refractivity contribution in [1.82, 2.24) is 25.8 Å². The summed E-state index contributed by atoms with van der Waals surface area (Å²) in [5.74, 6) is -0.394. The predicted octanol–water partition coefficient (Wildman–Crippen LogP) is 1.82. The molecule has 1 aromatic rings. The lowest BCUT2D eigenvalue weighted by atomic mass is 9.90. The number of nitrogens with zero attached hydrogens (tertiary/aromatic N) is 2. The Morgan fingerprint density at radius 2 is 1.92 bits per heavy atom. The van der Waals surface area contributed by atoms with E-state index in [2.05, 4.69) is 46.1 Å². The molecule has 0 aromatic carbocycles. The Kier molecular flexibility index (Phi) is 7.25. The summed E-state index contributed by atoms with van der Waals surface area (Å²) in [7, 11) is 1.39. The van der Waals surface area contributed by atoms with Crippen LogP contribution in [-0.4, -0.2) is 66.0 Å². The normalized spacial score (nSPS) is 27.2. The first-order valence-electron chi connectivity index (χ1n) is 12.6. The van der Waals surface area contributed by atoms with E-state index in [1.807, 2.05) is 11.0 Å². The van der Waals surface area contributed by atoms with E-state index in [-0.39, 0.29) is 48.4 Å². The molecule has 1 fully saturated rings. The van der Waals surface area contributed by atoms with Gasteiger partial charge >= 0.3 is 5.97 Å². The van der Waals surface area contributed by atoms with Crippen LogP contribution in [0.4, 0.5) is 0 Å². The molecule has 0 saturated heterocycles. The molecule has 4 aliphatic rings. The number of methoxy groups -OCH3 is 1. The van der Waals surface area contributed by atoms with Crippen molar-refractivity contribution in [2.75, 3.05) is 20.2 Å². The van der Waals surface area contributed by atoms with Crippen molar-refractivity contribution in [3.63, 3.8) is 0 Å². The number of hydrogen-bond acceptors (Lipinski definition) is 8. The molecule has 36 heavy (non-hydrogen) atoms. The molecule has 10 heteroatoms. The molecule has 2 amide bonds. The third-order valence-electron chi connectivity index (χ3n) is 7.35. The van der Waals surface area contributed by atoms with Gasteiger partial charge in [-0.3, -0.25) is 19.3 Å². The highest BCUT2D eigenvalue weighted by molar-refractivity contribution is 7.13. The van der Waals surface area contributed by atoms with Crippen LogP contribution in [0.5, 0.6) is 0 Å². The molecule has 2 aliphatic carbocycles. The van der Waals surface area contributed by atoms with Crippen molar-refractivity contribution in [3.8, 4) is 0 Å². The van der Waals surface area contributed by atoms with Gasteiger partial charge in [-0.05, 0) is 25.8 Å². The van der Waals surface area contributed by atoms with Crippen LogP contribution in [0, 0.1) is 5.92 Å². The molecule has 5 rings (SSSR count). The van der Waals surface area contributed by atoms with Gasteiger partial charge in [0.05, 0.1) is 31.1 Å². The molecule has 1 aromatic heterocycles. The molecule has 3 heterocycles. The molecule has 4 atom stereocenters. The summed E-state index contributed by atoms with van der Waals surface area (Å²) < 4.78 is 4.77. The summed E-state index contributed by atoms with van der Waals surface area (Å²) in [6, 6.07) is -0.146. The number of carbonyl (C=O) groups excluding carboxylic acids is 3. The Morgan fingerprint density at radius 3 is 2.67 bits per heavy atom. The van der Waals surface area contributed by atoms with Crippen LogP contribution in [0.1, 0.15) is 53.0 Å². The van der Waals surface area contributed by atoms with Gasteiger partial charge in [-0.15, -0.1) is 11.3 Å². The van der Waals surface area contributed by atoms with Crippen LogP contribution in [0.25, 0.3) is 0 Å². The molecule has 192 valence electrons. The third-order valence-corrected chi connectivity index (χ3v) is 8.43. The number of ether oxygens (including phenoxy) is 1. The van der Waals surface area contributed by atoms with Crippen LogP contribution in [-0.2, 0) is 27.3 Å². The second kappa shape index (κ2) is 10.6. The van der Waals surface area contributed by atoms with E-state index in [0.29, 0.717) is 30.2 Å². The number of carbonyl (C=O) groups is 3. The number of esters is 1. The molecule has 2 unspecified atom stereocenters. The quantitative estimate of drug-likeness (QED) is 0.500. The molecule has 1 saturated carbocycles. The zero-order valence-electron chi connectivity index (χ0n) is 20.7. The Morgan fingerprint density at radius 1 is 1.17 bits per heavy atom. The van der Waals surface area contributed by atoms with Gasteiger partial charge in [-0.2, -0.15) is 0 Å². The lowest BCUT2D eigenvalue weighted by molar-refractivity contribution is -0.142. The van der Waals surface area contributed by atoms with Gasteiger partial charge in [-0.1, -0.05) is 36.6 Å². The van der Waals surface area contributed by atoms with Gasteiger partial charge in [0.2, 0.25) is 0 Å². The number of nitrogens with one attached hydrogen (secondary N) is 3. The van der Waals surface area contributed by atoms with Gasteiger partial charge in [0.25, 0.3) is 11.8 Å². The van der Waals surface area contributed by atoms with Gasteiger partial charge in [0.15, 0.2) is 5.01 Å². The van der Waals surface area contributed by atoms with Gasteiger partial charge in [0, 0.05) is 42.4 Å². The monoisotopic (exact) mass is 511 g/mol. The lowest BCUT2D eigenvalue weighted by Crippen LogP contribution is -2.54. The topological polar surface area (TPSA) is 113 Å². The summed E-state index contributed by atoms with van der Waals surface area (Å²) in [5, 5.41) is 10.1. The van der Waals surface area contributed by atoms with Crippen LogP contribution in [0.15, 0.2) is 35.6 Å². The molecular weight excluding hydrogens is 478 g/mol. The fraction of sp³-hybridized carbons (Fsp3) is 0.538. The summed E-state index contributed by atoms with van der Waals surface area (Å²) in [5.41, 5.74) is 2.73. The second-order valence-corrected chi connectivity index (χ2v) is 11.1. The van der Waals surface area contributed by atoms with Crippen LogP contribution < -0.4 is 16.0 Å². The highest BCUT2D eigenvalue weighted by Crippen LogP contribution is 2.27. The molecule has 0 radical (unpaired) electrons. The summed E-state index contributed by atoms with van der Waals surface area (Å²) in [6.07, 6.45) is 12.7. The van der Waals surface area contributed by atoms with E-state index in [0.717, 1.165) is 36.3 Å². The number of hydrogen-bond donors (Lipinski definition) is 3. The van der Waals surface area contributed by atoms with Gasteiger partial charge in [-0.25, -0.2) is 4.98 Å². The first kappa shape index (κ1) is 24.7. The SMILES string of the molecule is COC(=O)CN1CCc2nc(C(=O)N[C@@H]3CCCC[C@@H]3NC(=O)C3=CC4C=C(C)C=CC4N3)sc2C1. The molecule has 3 N–H and O–H groups in total. The molecule has 9 nitrogen and oxygen atoms in total. The maximum absolute atomic E-state index is 13.1. The third kappa shape index (κ3) is 5.39. The van der Waals surface area contributed by atoms with E-state index in [9.17, 15) is 14.4 Å². The summed E-state index contributed by atoms with van der Waals surface area (Å²) in [6.45, 7) is 3.59. The maximum atomic E-state index is 13.1. The smallest absolute Gasteiger partial charge is 0.319 e. The van der Waals surface area contributed by atoms with E-state index < -0.39 is 0 Å². The average molecular weight is 512 g/mol. The minimum absolute atomic E-state index is 0.120. The number of rotatable bonds is 6. The predicted molar refractivity (Wildman–Crippen MR) is 136 cm³/mol. The maximum Gasteiger partial charge on any atom is 0.319 e. The van der Waals surface area contributed by atoms with Crippen LogP contribution >= 0.6 is 11.3 Å². The number of amides is 2. The van der Waals surface area contributed by atoms with Crippen molar-refractivity contribution in [2.24, 2.45) is 5.92 Å². The standard InChI is InChI=1S/C26H33N5O4S/c1-15-7-8-17-16(11-15)12-21(27-17)24(33)28-18-5-3-4-6-19(18)29-25(34)26-30-20-9-10-31(13-22(20)36-26)14-23(32)35-2/h7-8,11-12,16-19,27H,3-6,9-10,13-14H2,1-2H3,(H,28,33)(H,29,34)/t16?,17?,18-,19+/m0/s1. The molecular formula is C26H33N5O4S. The molecule has 0 bridgehead atoms. The lowest BCUT2D eigenvalue weighted by Gasteiger charge is -2.32. The first-order chi connectivity index (χ1) is 17.4. The van der Waals surface area contributed by atoms with E-state index in [4.69, 9.17) is 4.74 Å². The first-order valence-corrected chi connectivity index (χ1v) is 13.5. The summed E-state index contributed by atoms with van der Waals surface area (Å²) >= 11 is 1.38. The highest BCUT2D eigenvalue weighted by atomic mass is 32.1. The number of fused-ring (bicyclic) bond motifs is 2. The number of allylic oxidation sites excluding steroid dienone is 2. The second-order valence-electron chi connectivity index (χ2n) is 9.97. The van der Waals surface area contributed by atoms with Crippen molar-refractivity contribution >= 4 is 29.1 Å². The van der Waals surface area contributed by atoms with E-state index in [1.165, 1.54) is 24.0 Å². The number of thiazole rings is 1. The molecule has 0 spiro atoms. The fourth-order valence-electron chi connectivity index (χ4n) is 5.38. The minimum Gasteiger partial charge on any atom is -0.468 e. The highest BCUT2D eigenvalue weighted by Gasteiger charge is 2.33. The Labute approximate surface area is 215 Å². The fourth-order valence-corrected chi connectivity index (χ4v) is 6.44.